The molecular formula is C23H21F3N2O4S2. The van der Waals surface area contributed by atoms with Gasteiger partial charge >= 0.3 is 6.18 Å². The van der Waals surface area contributed by atoms with Gasteiger partial charge in [0, 0.05) is 18.5 Å². The Kier molecular flexibility index (Phi) is 6.96. The number of thiophene rings is 1. The summed E-state index contributed by atoms with van der Waals surface area (Å²) >= 11 is 1.28. The van der Waals surface area contributed by atoms with Crippen LogP contribution in [0.4, 0.5) is 13.2 Å². The minimum Gasteiger partial charge on any atom is -0.457 e. The molecule has 1 atom stereocenters. The van der Waals surface area contributed by atoms with E-state index in [1.54, 1.807) is 35.0 Å². The summed E-state index contributed by atoms with van der Waals surface area (Å²) in [7, 11) is -3.73. The van der Waals surface area contributed by atoms with Crippen molar-refractivity contribution in [2.24, 2.45) is 0 Å². The number of carbonyl (C=O) groups is 1. The van der Waals surface area contributed by atoms with Gasteiger partial charge in [-0.1, -0.05) is 12.1 Å². The Morgan fingerprint density at radius 1 is 1.12 bits per heavy atom. The van der Waals surface area contributed by atoms with Crippen molar-refractivity contribution in [3.8, 4) is 11.5 Å². The van der Waals surface area contributed by atoms with E-state index in [-0.39, 0.29) is 29.6 Å². The van der Waals surface area contributed by atoms with Crippen molar-refractivity contribution in [3.05, 3.63) is 76.5 Å². The number of ether oxygens (including phenoxy) is 1. The summed E-state index contributed by atoms with van der Waals surface area (Å²) in [6, 6.07) is 11.9. The highest BCUT2D eigenvalue weighted by molar-refractivity contribution is 7.89. The second kappa shape index (κ2) is 9.77. The van der Waals surface area contributed by atoms with Crippen LogP contribution in [0.3, 0.4) is 0 Å². The van der Waals surface area contributed by atoms with Crippen LogP contribution in [-0.2, 0) is 27.5 Å². The van der Waals surface area contributed by atoms with Gasteiger partial charge in [0.05, 0.1) is 10.5 Å². The summed E-state index contributed by atoms with van der Waals surface area (Å²) in [4.78, 5) is 13.0. The Morgan fingerprint density at radius 2 is 1.88 bits per heavy atom. The molecule has 1 aliphatic heterocycles. The molecule has 34 heavy (non-hydrogen) atoms. The van der Waals surface area contributed by atoms with Crippen molar-refractivity contribution >= 4 is 27.3 Å². The Bertz CT molecular complexity index is 1240. The van der Waals surface area contributed by atoms with Crippen LogP contribution in [0, 0.1) is 0 Å². The van der Waals surface area contributed by atoms with Crippen LogP contribution >= 0.6 is 11.3 Å². The third-order valence-corrected chi connectivity index (χ3v) is 8.13. The minimum atomic E-state index is -4.42. The standard InChI is InChI=1S/C23H21F3N2O4S2/c24-23(25,26)17-6-8-18(9-7-17)32-19-4-1-3-16(13-19)14-27-22(29)21-5-2-11-28(21)34(30,31)20-10-12-33-15-20/h1,3-4,6-10,12-13,15,21H,2,5,11,14H2,(H,27,29)/t21-/m0/s1. The Balaban J connectivity index is 1.38. The Hall–Kier alpha value is -2.89. The highest BCUT2D eigenvalue weighted by Gasteiger charge is 2.39. The first-order chi connectivity index (χ1) is 16.1. The predicted octanol–water partition coefficient (Wildman–Crippen LogP) is 5.03. The van der Waals surface area contributed by atoms with Crippen LogP contribution in [-0.4, -0.2) is 31.2 Å². The third kappa shape index (κ3) is 5.43. The topological polar surface area (TPSA) is 75.7 Å². The fraction of sp³-hybridized carbons (Fsp3) is 0.261. The SMILES string of the molecule is O=C(NCc1cccc(Oc2ccc(C(F)(F)F)cc2)c1)[C@@H]1CCCN1S(=O)(=O)c1ccsc1. The fourth-order valence-corrected chi connectivity index (χ4v) is 6.37. The predicted molar refractivity (Wildman–Crippen MR) is 121 cm³/mol. The van der Waals surface area contributed by atoms with E-state index in [1.807, 2.05) is 0 Å². The van der Waals surface area contributed by atoms with Gasteiger partial charge in [-0.3, -0.25) is 4.79 Å². The molecule has 1 amide bonds. The first-order valence-electron chi connectivity index (χ1n) is 10.4. The van der Waals surface area contributed by atoms with E-state index < -0.39 is 27.8 Å². The maximum Gasteiger partial charge on any atom is 0.416 e. The van der Waals surface area contributed by atoms with Crippen LogP contribution in [0.5, 0.6) is 11.5 Å². The molecule has 0 spiro atoms. The molecule has 3 aromatic rings. The highest BCUT2D eigenvalue weighted by atomic mass is 32.2. The number of alkyl halides is 3. The van der Waals surface area contributed by atoms with Crippen molar-refractivity contribution in [1.82, 2.24) is 9.62 Å². The lowest BCUT2D eigenvalue weighted by Gasteiger charge is -2.23. The molecule has 0 radical (unpaired) electrons. The van der Waals surface area contributed by atoms with E-state index in [0.717, 1.165) is 12.1 Å². The summed E-state index contributed by atoms with van der Waals surface area (Å²) < 4.78 is 70.7. The van der Waals surface area contributed by atoms with Gasteiger partial charge in [0.15, 0.2) is 0 Å². The van der Waals surface area contributed by atoms with E-state index in [1.165, 1.54) is 33.8 Å². The molecule has 1 fully saturated rings. The van der Waals surface area contributed by atoms with Crippen molar-refractivity contribution in [3.63, 3.8) is 0 Å². The summed E-state index contributed by atoms with van der Waals surface area (Å²) in [5.41, 5.74) is -0.0683. The van der Waals surface area contributed by atoms with Crippen molar-refractivity contribution in [2.45, 2.75) is 36.5 Å². The normalized spacial score (nSPS) is 17.0. The number of hydrogen-bond acceptors (Lipinski definition) is 5. The third-order valence-electron chi connectivity index (χ3n) is 5.39. The lowest BCUT2D eigenvalue weighted by Crippen LogP contribution is -2.45. The number of rotatable bonds is 7. The van der Waals surface area contributed by atoms with Gasteiger partial charge in [0.25, 0.3) is 0 Å². The van der Waals surface area contributed by atoms with E-state index in [4.69, 9.17) is 4.74 Å². The van der Waals surface area contributed by atoms with Crippen LogP contribution in [0.25, 0.3) is 0 Å². The molecule has 1 saturated heterocycles. The number of hydrogen-bond donors (Lipinski definition) is 1. The molecule has 1 N–H and O–H groups in total. The number of amides is 1. The Morgan fingerprint density at radius 3 is 2.56 bits per heavy atom. The van der Waals surface area contributed by atoms with Crippen LogP contribution in [0.2, 0.25) is 0 Å². The Labute approximate surface area is 199 Å². The largest absolute Gasteiger partial charge is 0.457 e. The van der Waals surface area contributed by atoms with Crippen LogP contribution in [0.1, 0.15) is 24.0 Å². The molecule has 180 valence electrons. The smallest absolute Gasteiger partial charge is 0.416 e. The number of carbonyl (C=O) groups excluding carboxylic acids is 1. The quantitative estimate of drug-likeness (QED) is 0.484. The highest BCUT2D eigenvalue weighted by Crippen LogP contribution is 2.32. The molecular weight excluding hydrogens is 489 g/mol. The maximum absolute atomic E-state index is 12.9. The maximum atomic E-state index is 12.9. The number of nitrogens with one attached hydrogen (secondary N) is 1. The summed E-state index contributed by atoms with van der Waals surface area (Å²) in [5.74, 6) is 0.258. The summed E-state index contributed by atoms with van der Waals surface area (Å²) in [5, 5.41) is 6.01. The number of sulfonamides is 1. The molecule has 6 nitrogen and oxygen atoms in total. The molecule has 2 aromatic carbocycles. The van der Waals surface area contributed by atoms with Gasteiger partial charge in [-0.05, 0) is 66.2 Å². The van der Waals surface area contributed by atoms with E-state index in [2.05, 4.69) is 5.32 Å². The molecule has 0 aliphatic carbocycles. The molecule has 0 unspecified atom stereocenters. The van der Waals surface area contributed by atoms with E-state index >= 15 is 0 Å². The zero-order chi connectivity index (χ0) is 24.3. The second-order valence-corrected chi connectivity index (χ2v) is 10.4. The second-order valence-electron chi connectivity index (χ2n) is 7.72. The van der Waals surface area contributed by atoms with Gasteiger partial charge in [0.1, 0.15) is 17.5 Å². The summed E-state index contributed by atoms with van der Waals surface area (Å²) in [6.45, 7) is 0.429. The average molecular weight is 511 g/mol. The summed E-state index contributed by atoms with van der Waals surface area (Å²) in [6.07, 6.45) is -3.39. The van der Waals surface area contributed by atoms with Gasteiger partial charge in [-0.25, -0.2) is 8.42 Å². The molecule has 1 aromatic heterocycles. The molecule has 2 heterocycles. The number of halogens is 3. The van der Waals surface area contributed by atoms with Gasteiger partial charge < -0.3 is 10.1 Å². The molecule has 11 heteroatoms. The first-order valence-corrected chi connectivity index (χ1v) is 12.8. The van der Waals surface area contributed by atoms with Gasteiger partial charge in [-0.15, -0.1) is 0 Å². The molecule has 0 bridgehead atoms. The lowest BCUT2D eigenvalue weighted by atomic mass is 10.2. The average Bonchev–Trinajstić information content (AvgIpc) is 3.50. The number of benzene rings is 2. The van der Waals surface area contributed by atoms with Gasteiger partial charge in [0.2, 0.25) is 15.9 Å². The molecule has 4 rings (SSSR count). The molecule has 1 aliphatic rings. The van der Waals surface area contributed by atoms with Crippen molar-refractivity contribution < 1.29 is 31.1 Å². The van der Waals surface area contributed by atoms with Crippen molar-refractivity contribution in [2.75, 3.05) is 6.54 Å². The first kappa shape index (κ1) is 24.2. The van der Waals surface area contributed by atoms with E-state index in [0.29, 0.717) is 24.2 Å². The van der Waals surface area contributed by atoms with Crippen LogP contribution in [0.15, 0.2) is 70.3 Å². The van der Waals surface area contributed by atoms with Crippen LogP contribution < -0.4 is 10.1 Å². The zero-order valence-corrected chi connectivity index (χ0v) is 19.4. The van der Waals surface area contributed by atoms with Gasteiger partial charge in [-0.2, -0.15) is 28.8 Å². The molecule has 0 saturated carbocycles. The lowest BCUT2D eigenvalue weighted by molar-refractivity contribution is -0.137. The van der Waals surface area contributed by atoms with E-state index in [9.17, 15) is 26.4 Å². The monoisotopic (exact) mass is 510 g/mol. The number of nitrogens with zero attached hydrogens (tertiary/aromatic N) is 1. The zero-order valence-electron chi connectivity index (χ0n) is 17.8. The minimum absolute atomic E-state index is 0.145. The van der Waals surface area contributed by atoms with Crippen molar-refractivity contribution in [1.29, 1.82) is 0 Å². The fourth-order valence-electron chi connectivity index (χ4n) is 3.70.